The zero-order chi connectivity index (χ0) is 11.6. The molecular formula is C11H13ClF2O. The predicted molar refractivity (Wildman–Crippen MR) is 56.5 cm³/mol. The number of hydrogen-bond donors (Lipinski definition) is 1. The molecule has 0 amide bonds. The molecule has 0 aliphatic rings. The van der Waals surface area contributed by atoms with Crippen molar-refractivity contribution in [1.82, 2.24) is 0 Å². The number of halogens is 3. The number of rotatable bonds is 3. The van der Waals surface area contributed by atoms with E-state index >= 15 is 0 Å². The predicted octanol–water partition coefficient (Wildman–Crippen LogP) is 3.21. The molecule has 4 heteroatoms. The highest BCUT2D eigenvalue weighted by Gasteiger charge is 2.32. The van der Waals surface area contributed by atoms with E-state index in [4.69, 9.17) is 11.6 Å². The Kier molecular flexibility index (Phi) is 3.68. The molecule has 1 aromatic rings. The molecule has 1 N–H and O–H groups in total. The van der Waals surface area contributed by atoms with Crippen LogP contribution in [0, 0.1) is 6.92 Å². The minimum Gasteiger partial charge on any atom is -0.384 e. The first-order valence-electron chi connectivity index (χ1n) is 4.58. The highest BCUT2D eigenvalue weighted by atomic mass is 35.5. The van der Waals surface area contributed by atoms with Crippen molar-refractivity contribution in [3.63, 3.8) is 0 Å². The maximum Gasteiger partial charge on any atom is 0.266 e. The van der Waals surface area contributed by atoms with Crippen LogP contribution in [-0.4, -0.2) is 17.1 Å². The van der Waals surface area contributed by atoms with Crippen LogP contribution in [0.4, 0.5) is 8.78 Å². The van der Waals surface area contributed by atoms with Crippen molar-refractivity contribution in [2.75, 3.05) is 0 Å². The summed E-state index contributed by atoms with van der Waals surface area (Å²) in [6.45, 7) is 2.92. The molecule has 1 rings (SSSR count). The first kappa shape index (κ1) is 12.4. The normalized spacial score (nSPS) is 15.4. The van der Waals surface area contributed by atoms with Crippen LogP contribution in [0.15, 0.2) is 18.2 Å². The van der Waals surface area contributed by atoms with Gasteiger partial charge in [0.05, 0.1) is 0 Å². The molecule has 0 radical (unpaired) electrons. The largest absolute Gasteiger partial charge is 0.384 e. The molecule has 0 aliphatic carbocycles. The van der Waals surface area contributed by atoms with Gasteiger partial charge in [0.15, 0.2) is 0 Å². The van der Waals surface area contributed by atoms with Gasteiger partial charge in [-0.15, -0.1) is 0 Å². The average Bonchev–Trinajstić information content (AvgIpc) is 2.10. The molecular weight excluding hydrogens is 222 g/mol. The van der Waals surface area contributed by atoms with Gasteiger partial charge in [-0.25, -0.2) is 8.78 Å². The maximum absolute atomic E-state index is 12.4. The SMILES string of the molecule is Cc1cc(CC(C)(O)C(F)F)ccc1Cl. The Morgan fingerprint density at radius 3 is 2.53 bits per heavy atom. The van der Waals surface area contributed by atoms with Crippen molar-refractivity contribution in [3.8, 4) is 0 Å². The summed E-state index contributed by atoms with van der Waals surface area (Å²) in [5.41, 5.74) is -0.512. The second-order valence-corrected chi connectivity index (χ2v) is 4.33. The smallest absolute Gasteiger partial charge is 0.266 e. The first-order chi connectivity index (χ1) is 6.83. The van der Waals surface area contributed by atoms with E-state index in [1.165, 1.54) is 0 Å². The summed E-state index contributed by atoms with van der Waals surface area (Å²) in [6, 6.07) is 5.00. The Bertz CT molecular complexity index is 350. The minimum absolute atomic E-state index is 0.0807. The molecule has 0 spiro atoms. The molecule has 1 aromatic carbocycles. The summed E-state index contributed by atoms with van der Waals surface area (Å²) in [6.07, 6.45) is -2.84. The monoisotopic (exact) mass is 234 g/mol. The topological polar surface area (TPSA) is 20.2 Å². The van der Waals surface area contributed by atoms with Crippen LogP contribution in [0.1, 0.15) is 18.1 Å². The average molecular weight is 235 g/mol. The van der Waals surface area contributed by atoms with E-state index in [1.54, 1.807) is 25.1 Å². The van der Waals surface area contributed by atoms with E-state index in [0.717, 1.165) is 12.5 Å². The zero-order valence-corrected chi connectivity index (χ0v) is 9.35. The Hall–Kier alpha value is -0.670. The molecule has 15 heavy (non-hydrogen) atoms. The molecule has 84 valence electrons. The molecule has 1 nitrogen and oxygen atoms in total. The third kappa shape index (κ3) is 3.14. The van der Waals surface area contributed by atoms with Crippen molar-refractivity contribution >= 4 is 11.6 Å². The van der Waals surface area contributed by atoms with Crippen LogP contribution in [0.2, 0.25) is 5.02 Å². The van der Waals surface area contributed by atoms with Gasteiger partial charge in [0.25, 0.3) is 6.43 Å². The van der Waals surface area contributed by atoms with Crippen molar-refractivity contribution < 1.29 is 13.9 Å². The molecule has 0 heterocycles. The minimum atomic E-state index is -2.76. The summed E-state index contributed by atoms with van der Waals surface area (Å²) >= 11 is 5.80. The number of aliphatic hydroxyl groups is 1. The fourth-order valence-electron chi connectivity index (χ4n) is 1.31. The van der Waals surface area contributed by atoms with Crippen molar-refractivity contribution in [3.05, 3.63) is 34.3 Å². The quantitative estimate of drug-likeness (QED) is 0.852. The van der Waals surface area contributed by atoms with Gasteiger partial charge < -0.3 is 5.11 Å². The standard InChI is InChI=1S/C11H13ClF2O/c1-7-5-8(3-4-9(7)12)6-11(2,15)10(13)14/h3-5,10,15H,6H2,1-2H3. The van der Waals surface area contributed by atoms with Gasteiger partial charge in [0.2, 0.25) is 0 Å². The lowest BCUT2D eigenvalue weighted by molar-refractivity contribution is -0.0821. The van der Waals surface area contributed by atoms with Crippen LogP contribution in [0.5, 0.6) is 0 Å². The molecule has 1 atom stereocenters. The van der Waals surface area contributed by atoms with Crippen molar-refractivity contribution in [2.24, 2.45) is 0 Å². The molecule has 0 saturated heterocycles. The highest BCUT2D eigenvalue weighted by molar-refractivity contribution is 6.31. The summed E-state index contributed by atoms with van der Waals surface area (Å²) in [7, 11) is 0. The van der Waals surface area contributed by atoms with Crippen LogP contribution in [-0.2, 0) is 6.42 Å². The van der Waals surface area contributed by atoms with E-state index < -0.39 is 12.0 Å². The van der Waals surface area contributed by atoms with E-state index in [-0.39, 0.29) is 6.42 Å². The lowest BCUT2D eigenvalue weighted by Gasteiger charge is -2.22. The lowest BCUT2D eigenvalue weighted by atomic mass is 9.96. The summed E-state index contributed by atoms with van der Waals surface area (Å²) < 4.78 is 24.8. The van der Waals surface area contributed by atoms with Gasteiger partial charge in [-0.3, -0.25) is 0 Å². The Morgan fingerprint density at radius 2 is 2.07 bits per heavy atom. The van der Waals surface area contributed by atoms with Crippen LogP contribution >= 0.6 is 11.6 Å². The van der Waals surface area contributed by atoms with E-state index in [9.17, 15) is 13.9 Å². The van der Waals surface area contributed by atoms with Gasteiger partial charge in [-0.1, -0.05) is 23.7 Å². The number of hydrogen-bond acceptors (Lipinski definition) is 1. The molecule has 0 aliphatic heterocycles. The number of alkyl halides is 2. The van der Waals surface area contributed by atoms with Crippen LogP contribution < -0.4 is 0 Å². The number of aryl methyl sites for hydroxylation is 1. The van der Waals surface area contributed by atoms with Crippen molar-refractivity contribution in [2.45, 2.75) is 32.3 Å². The maximum atomic E-state index is 12.4. The van der Waals surface area contributed by atoms with Gasteiger partial charge in [-0.05, 0) is 31.0 Å². The van der Waals surface area contributed by atoms with Gasteiger partial charge >= 0.3 is 0 Å². The Balaban J connectivity index is 2.86. The zero-order valence-electron chi connectivity index (χ0n) is 8.60. The molecule has 0 aromatic heterocycles. The highest BCUT2D eigenvalue weighted by Crippen LogP contribution is 2.23. The second kappa shape index (κ2) is 4.45. The molecule has 0 bridgehead atoms. The van der Waals surface area contributed by atoms with Gasteiger partial charge in [0, 0.05) is 11.4 Å². The first-order valence-corrected chi connectivity index (χ1v) is 4.96. The summed E-state index contributed by atoms with van der Waals surface area (Å²) in [4.78, 5) is 0. The fourth-order valence-corrected chi connectivity index (χ4v) is 1.42. The second-order valence-electron chi connectivity index (χ2n) is 3.92. The van der Waals surface area contributed by atoms with Crippen LogP contribution in [0.25, 0.3) is 0 Å². The Morgan fingerprint density at radius 1 is 1.47 bits per heavy atom. The van der Waals surface area contributed by atoms with Gasteiger partial charge in [0.1, 0.15) is 5.60 Å². The van der Waals surface area contributed by atoms with E-state index in [0.29, 0.717) is 10.6 Å². The molecule has 1 unspecified atom stereocenters. The van der Waals surface area contributed by atoms with E-state index in [2.05, 4.69) is 0 Å². The molecule has 0 saturated carbocycles. The lowest BCUT2D eigenvalue weighted by Crippen LogP contribution is -2.35. The number of benzene rings is 1. The third-order valence-electron chi connectivity index (χ3n) is 2.25. The van der Waals surface area contributed by atoms with Crippen molar-refractivity contribution in [1.29, 1.82) is 0 Å². The molecule has 0 fully saturated rings. The fraction of sp³-hybridized carbons (Fsp3) is 0.455. The Labute approximate surface area is 92.7 Å². The van der Waals surface area contributed by atoms with Crippen LogP contribution in [0.3, 0.4) is 0 Å². The van der Waals surface area contributed by atoms with E-state index in [1.807, 2.05) is 0 Å². The third-order valence-corrected chi connectivity index (χ3v) is 2.68. The summed E-state index contributed by atoms with van der Waals surface area (Å²) in [5, 5.41) is 10.0. The summed E-state index contributed by atoms with van der Waals surface area (Å²) in [5.74, 6) is 0. The van der Waals surface area contributed by atoms with Gasteiger partial charge in [-0.2, -0.15) is 0 Å².